The molecule has 0 radical (unpaired) electrons. The molecule has 15 heavy (non-hydrogen) atoms. The summed E-state index contributed by atoms with van der Waals surface area (Å²) in [6.07, 6.45) is 7.71. The fraction of sp³-hybridized carbons (Fsp3) is 0.455. The predicted octanol–water partition coefficient (Wildman–Crippen LogP) is 1.46. The molecule has 0 saturated carbocycles. The normalized spacial score (nSPS) is 15.2. The van der Waals surface area contributed by atoms with E-state index in [9.17, 15) is 0 Å². The third-order valence-corrected chi connectivity index (χ3v) is 2.93. The van der Waals surface area contributed by atoms with Crippen molar-refractivity contribution in [2.75, 3.05) is 0 Å². The molecule has 0 unspecified atom stereocenters. The first-order valence-corrected chi connectivity index (χ1v) is 5.45. The average molecular weight is 202 g/mol. The van der Waals surface area contributed by atoms with Gasteiger partial charge in [-0.25, -0.2) is 0 Å². The molecule has 1 aliphatic rings. The number of nitrogens with zero attached hydrogens (tertiary/aromatic N) is 4. The van der Waals surface area contributed by atoms with Gasteiger partial charge in [0.05, 0.1) is 6.54 Å². The van der Waals surface area contributed by atoms with Crippen molar-refractivity contribution >= 4 is 0 Å². The first-order chi connectivity index (χ1) is 7.43. The molecule has 1 aliphatic heterocycles. The van der Waals surface area contributed by atoms with Gasteiger partial charge >= 0.3 is 0 Å². The van der Waals surface area contributed by atoms with E-state index < -0.39 is 0 Å². The van der Waals surface area contributed by atoms with Crippen molar-refractivity contribution in [1.82, 2.24) is 19.3 Å². The van der Waals surface area contributed by atoms with Crippen molar-refractivity contribution in [2.24, 2.45) is 0 Å². The van der Waals surface area contributed by atoms with E-state index in [4.69, 9.17) is 0 Å². The minimum absolute atomic E-state index is 0.833. The Bertz CT molecular complexity index is 441. The van der Waals surface area contributed by atoms with Crippen LogP contribution < -0.4 is 0 Å². The topological polar surface area (TPSA) is 35.6 Å². The lowest BCUT2D eigenvalue weighted by Gasteiger charge is -2.14. The van der Waals surface area contributed by atoms with Crippen LogP contribution in [-0.4, -0.2) is 19.3 Å². The third kappa shape index (κ3) is 1.56. The van der Waals surface area contributed by atoms with E-state index in [0.29, 0.717) is 0 Å². The second-order valence-electron chi connectivity index (χ2n) is 4.00. The van der Waals surface area contributed by atoms with Gasteiger partial charge in [0.2, 0.25) is 0 Å². The molecule has 0 aliphatic carbocycles. The lowest BCUT2D eigenvalue weighted by molar-refractivity contribution is 0.502. The summed E-state index contributed by atoms with van der Waals surface area (Å²) >= 11 is 0. The molecule has 2 aromatic rings. The van der Waals surface area contributed by atoms with Gasteiger partial charge in [-0.3, -0.25) is 0 Å². The van der Waals surface area contributed by atoms with Crippen molar-refractivity contribution in [1.29, 1.82) is 0 Å². The van der Waals surface area contributed by atoms with Gasteiger partial charge in [-0.1, -0.05) is 0 Å². The molecule has 3 rings (SSSR count). The molecule has 0 aromatic carbocycles. The van der Waals surface area contributed by atoms with E-state index in [1.807, 2.05) is 12.1 Å². The fourth-order valence-corrected chi connectivity index (χ4v) is 2.12. The molecule has 78 valence electrons. The van der Waals surface area contributed by atoms with Crippen LogP contribution in [0.3, 0.4) is 0 Å². The number of hydrogen-bond donors (Lipinski definition) is 0. The summed E-state index contributed by atoms with van der Waals surface area (Å²) in [5, 5.41) is 8.50. The van der Waals surface area contributed by atoms with Crippen molar-refractivity contribution in [3.8, 4) is 0 Å². The Kier molecular flexibility index (Phi) is 2.05. The van der Waals surface area contributed by atoms with Crippen molar-refractivity contribution in [2.45, 2.75) is 32.4 Å². The van der Waals surface area contributed by atoms with E-state index in [0.717, 1.165) is 31.2 Å². The summed E-state index contributed by atoms with van der Waals surface area (Å²) in [6, 6.07) is 4.07. The molecule has 0 saturated heterocycles. The smallest absolute Gasteiger partial charge is 0.152 e. The maximum Gasteiger partial charge on any atom is 0.152 e. The highest BCUT2D eigenvalue weighted by Gasteiger charge is 2.15. The predicted molar refractivity (Wildman–Crippen MR) is 56.5 cm³/mol. The van der Waals surface area contributed by atoms with Crippen molar-refractivity contribution < 1.29 is 0 Å². The zero-order valence-corrected chi connectivity index (χ0v) is 8.63. The molecule has 0 spiro atoms. The van der Waals surface area contributed by atoms with Gasteiger partial charge in [0.1, 0.15) is 5.82 Å². The quantitative estimate of drug-likeness (QED) is 0.739. The van der Waals surface area contributed by atoms with E-state index in [1.54, 1.807) is 0 Å². The van der Waals surface area contributed by atoms with Crippen LogP contribution in [0.5, 0.6) is 0 Å². The molecule has 0 fully saturated rings. The highest BCUT2D eigenvalue weighted by atomic mass is 15.3. The highest BCUT2D eigenvalue weighted by molar-refractivity contribution is 5.01. The van der Waals surface area contributed by atoms with E-state index in [2.05, 4.69) is 31.7 Å². The van der Waals surface area contributed by atoms with Gasteiger partial charge in [0.25, 0.3) is 0 Å². The second-order valence-corrected chi connectivity index (χ2v) is 4.00. The third-order valence-electron chi connectivity index (χ3n) is 2.93. The molecule has 0 bridgehead atoms. The molecule has 4 nitrogen and oxygen atoms in total. The largest absolute Gasteiger partial charge is 0.347 e. The lowest BCUT2D eigenvalue weighted by atomic mass is 10.2. The van der Waals surface area contributed by atoms with E-state index >= 15 is 0 Å². The van der Waals surface area contributed by atoms with Crippen LogP contribution in [0.1, 0.15) is 24.5 Å². The lowest BCUT2D eigenvalue weighted by Crippen LogP contribution is -2.14. The highest BCUT2D eigenvalue weighted by Crippen LogP contribution is 2.14. The van der Waals surface area contributed by atoms with E-state index in [1.165, 1.54) is 12.8 Å². The first-order valence-electron chi connectivity index (χ1n) is 5.45. The second kappa shape index (κ2) is 3.53. The van der Waals surface area contributed by atoms with Crippen LogP contribution in [0, 0.1) is 0 Å². The van der Waals surface area contributed by atoms with Gasteiger partial charge in [-0.05, 0) is 25.0 Å². The molecule has 3 heterocycles. The summed E-state index contributed by atoms with van der Waals surface area (Å²) < 4.78 is 4.40. The summed E-state index contributed by atoms with van der Waals surface area (Å²) in [7, 11) is 0. The average Bonchev–Trinajstić information content (AvgIpc) is 2.89. The molecular weight excluding hydrogens is 188 g/mol. The number of rotatable bonds is 2. The number of fused-ring (bicyclic) bond motifs is 1. The first kappa shape index (κ1) is 8.71. The summed E-state index contributed by atoms with van der Waals surface area (Å²) in [5.41, 5.74) is 0. The maximum absolute atomic E-state index is 4.26. The molecule has 0 atom stereocenters. The minimum atomic E-state index is 0.833. The summed E-state index contributed by atoms with van der Waals surface area (Å²) in [6.45, 7) is 1.92. The zero-order valence-electron chi connectivity index (χ0n) is 8.63. The number of aromatic nitrogens is 4. The number of aryl methyl sites for hydroxylation is 1. The number of hydrogen-bond acceptors (Lipinski definition) is 2. The Morgan fingerprint density at radius 2 is 2.00 bits per heavy atom. The standard InChI is InChI=1S/C11H14N4/c1-2-8-15-10(5-1)12-13-11(15)9-14-6-3-4-7-14/h3-4,6-7H,1-2,5,8-9H2. The SMILES string of the molecule is c1ccn(Cc2nnc3n2CCCC3)c1. The molecular formula is C11H14N4. The molecule has 0 amide bonds. The van der Waals surface area contributed by atoms with Gasteiger partial charge in [-0.2, -0.15) is 0 Å². The summed E-state index contributed by atoms with van der Waals surface area (Å²) in [5.74, 6) is 2.24. The van der Waals surface area contributed by atoms with Gasteiger partial charge in [0.15, 0.2) is 5.82 Å². The monoisotopic (exact) mass is 202 g/mol. The van der Waals surface area contributed by atoms with Crippen molar-refractivity contribution in [3.63, 3.8) is 0 Å². The minimum Gasteiger partial charge on any atom is -0.347 e. The Balaban J connectivity index is 1.89. The van der Waals surface area contributed by atoms with Gasteiger partial charge in [0, 0.05) is 25.4 Å². The van der Waals surface area contributed by atoms with Crippen LogP contribution in [0.15, 0.2) is 24.5 Å². The van der Waals surface area contributed by atoms with Crippen LogP contribution in [0.2, 0.25) is 0 Å². The van der Waals surface area contributed by atoms with Crippen LogP contribution in [-0.2, 0) is 19.5 Å². The Hall–Kier alpha value is -1.58. The zero-order chi connectivity index (χ0) is 10.1. The Labute approximate surface area is 88.6 Å². The molecule has 4 heteroatoms. The van der Waals surface area contributed by atoms with E-state index in [-0.39, 0.29) is 0 Å². The van der Waals surface area contributed by atoms with Crippen LogP contribution in [0.4, 0.5) is 0 Å². The molecule has 2 aromatic heterocycles. The van der Waals surface area contributed by atoms with Crippen LogP contribution >= 0.6 is 0 Å². The van der Waals surface area contributed by atoms with Gasteiger partial charge in [-0.15, -0.1) is 10.2 Å². The Morgan fingerprint density at radius 3 is 2.87 bits per heavy atom. The maximum atomic E-state index is 4.26. The van der Waals surface area contributed by atoms with Gasteiger partial charge < -0.3 is 9.13 Å². The fourth-order valence-electron chi connectivity index (χ4n) is 2.12. The Morgan fingerprint density at radius 1 is 1.13 bits per heavy atom. The van der Waals surface area contributed by atoms with Crippen LogP contribution in [0.25, 0.3) is 0 Å². The van der Waals surface area contributed by atoms with Crippen molar-refractivity contribution in [3.05, 3.63) is 36.2 Å². The summed E-state index contributed by atoms with van der Waals surface area (Å²) in [4.78, 5) is 0. The molecule has 0 N–H and O–H groups in total.